The van der Waals surface area contributed by atoms with Gasteiger partial charge in [0.25, 0.3) is 0 Å². The number of hydrogen-bond donors (Lipinski definition) is 0. The third-order valence-corrected chi connectivity index (χ3v) is 4.66. The van der Waals surface area contributed by atoms with E-state index in [4.69, 9.17) is 11.6 Å². The van der Waals surface area contributed by atoms with Gasteiger partial charge in [-0.05, 0) is 5.56 Å². The molecule has 102 valence electrons. The molecule has 1 aromatic rings. The van der Waals surface area contributed by atoms with Gasteiger partial charge >= 0.3 is 0 Å². The molecule has 18 heavy (non-hydrogen) atoms. The van der Waals surface area contributed by atoms with Crippen LogP contribution in [-0.2, 0) is 16.4 Å². The number of alkyl halides is 1. The van der Waals surface area contributed by atoms with Gasteiger partial charge in [-0.2, -0.15) is 0 Å². The molecule has 5 heteroatoms. The smallest absolute Gasteiger partial charge is 0.151 e. The van der Waals surface area contributed by atoms with Crippen LogP contribution in [0.15, 0.2) is 30.3 Å². The van der Waals surface area contributed by atoms with Crippen molar-refractivity contribution in [2.24, 2.45) is 0 Å². The normalized spacial score (nSPS) is 11.9. The zero-order chi connectivity index (χ0) is 13.4. The van der Waals surface area contributed by atoms with Crippen LogP contribution in [0.1, 0.15) is 12.5 Å². The first-order valence-electron chi connectivity index (χ1n) is 6.10. The summed E-state index contributed by atoms with van der Waals surface area (Å²) in [5, 5.41) is 0. The summed E-state index contributed by atoms with van der Waals surface area (Å²) in [6, 6.07) is 10.0. The second-order valence-corrected chi connectivity index (χ2v) is 7.04. The van der Waals surface area contributed by atoms with Crippen molar-refractivity contribution in [3.8, 4) is 0 Å². The van der Waals surface area contributed by atoms with Crippen molar-refractivity contribution in [1.29, 1.82) is 0 Å². The van der Waals surface area contributed by atoms with Crippen molar-refractivity contribution in [2.45, 2.75) is 13.5 Å². The summed E-state index contributed by atoms with van der Waals surface area (Å²) in [6.45, 7) is 3.67. The molecular formula is C13H20ClNO2S. The summed E-state index contributed by atoms with van der Waals surface area (Å²) in [6.07, 6.45) is 0. The van der Waals surface area contributed by atoms with Crippen molar-refractivity contribution >= 4 is 21.4 Å². The molecular weight excluding hydrogens is 270 g/mol. The van der Waals surface area contributed by atoms with Crippen LogP contribution >= 0.6 is 11.6 Å². The van der Waals surface area contributed by atoms with Gasteiger partial charge in [0.15, 0.2) is 9.84 Å². The topological polar surface area (TPSA) is 37.4 Å². The SMILES string of the molecule is CCS(=O)(=O)CCN(CCCl)Cc1ccccc1. The summed E-state index contributed by atoms with van der Waals surface area (Å²) >= 11 is 5.76. The van der Waals surface area contributed by atoms with Crippen LogP contribution in [0.25, 0.3) is 0 Å². The lowest BCUT2D eigenvalue weighted by atomic mass is 10.2. The molecule has 0 fully saturated rings. The molecule has 1 rings (SSSR count). The summed E-state index contributed by atoms with van der Waals surface area (Å²) in [4.78, 5) is 2.08. The second kappa shape index (κ2) is 7.77. The molecule has 0 aliphatic rings. The maximum atomic E-state index is 11.5. The van der Waals surface area contributed by atoms with Crippen LogP contribution in [0.2, 0.25) is 0 Å². The Labute approximate surface area is 115 Å². The molecule has 0 aliphatic carbocycles. The maximum Gasteiger partial charge on any atom is 0.151 e. The Balaban J connectivity index is 2.55. The Morgan fingerprint density at radius 2 is 1.83 bits per heavy atom. The van der Waals surface area contributed by atoms with E-state index < -0.39 is 9.84 Å². The van der Waals surface area contributed by atoms with E-state index in [9.17, 15) is 8.42 Å². The predicted molar refractivity (Wildman–Crippen MR) is 76.8 cm³/mol. The molecule has 0 amide bonds. The van der Waals surface area contributed by atoms with Gasteiger partial charge in [-0.1, -0.05) is 37.3 Å². The van der Waals surface area contributed by atoms with E-state index in [1.54, 1.807) is 6.92 Å². The fraction of sp³-hybridized carbons (Fsp3) is 0.538. The number of hydrogen-bond acceptors (Lipinski definition) is 3. The van der Waals surface area contributed by atoms with Gasteiger partial charge in [0, 0.05) is 31.3 Å². The van der Waals surface area contributed by atoms with E-state index in [-0.39, 0.29) is 11.5 Å². The summed E-state index contributed by atoms with van der Waals surface area (Å²) in [5.41, 5.74) is 1.18. The van der Waals surface area contributed by atoms with Crippen molar-refractivity contribution < 1.29 is 8.42 Å². The Bertz CT molecular complexity index is 434. The molecule has 3 nitrogen and oxygen atoms in total. The van der Waals surface area contributed by atoms with Crippen molar-refractivity contribution in [3.63, 3.8) is 0 Å². The Hall–Kier alpha value is -0.580. The van der Waals surface area contributed by atoms with E-state index in [1.165, 1.54) is 5.56 Å². The fourth-order valence-corrected chi connectivity index (χ4v) is 2.71. The number of halogens is 1. The first-order valence-corrected chi connectivity index (χ1v) is 8.45. The molecule has 0 saturated carbocycles. The lowest BCUT2D eigenvalue weighted by Gasteiger charge is -2.21. The molecule has 0 atom stereocenters. The fourth-order valence-electron chi connectivity index (χ4n) is 1.64. The average molecular weight is 290 g/mol. The highest BCUT2D eigenvalue weighted by Crippen LogP contribution is 2.05. The molecule has 0 spiro atoms. The monoisotopic (exact) mass is 289 g/mol. The standard InChI is InChI=1S/C13H20ClNO2S/c1-2-18(16,17)11-10-15(9-8-14)12-13-6-4-3-5-7-13/h3-7H,2,8-12H2,1H3. The molecule has 0 aliphatic heterocycles. The van der Waals surface area contributed by atoms with Crippen molar-refractivity contribution in [1.82, 2.24) is 4.90 Å². The number of benzene rings is 1. The number of sulfone groups is 1. The van der Waals surface area contributed by atoms with Crippen LogP contribution in [-0.4, -0.2) is 43.8 Å². The predicted octanol–water partition coefficient (Wildman–Crippen LogP) is 2.16. The van der Waals surface area contributed by atoms with Crippen LogP contribution in [0, 0.1) is 0 Å². The molecule has 0 unspecified atom stereocenters. The highest BCUT2D eigenvalue weighted by atomic mass is 35.5. The van der Waals surface area contributed by atoms with E-state index in [2.05, 4.69) is 4.90 Å². The summed E-state index contributed by atoms with van der Waals surface area (Å²) < 4.78 is 23.0. The van der Waals surface area contributed by atoms with E-state index in [0.29, 0.717) is 19.0 Å². The van der Waals surface area contributed by atoms with E-state index >= 15 is 0 Å². The molecule has 0 aromatic heterocycles. The maximum absolute atomic E-state index is 11.5. The largest absolute Gasteiger partial charge is 0.297 e. The third-order valence-electron chi connectivity index (χ3n) is 2.81. The highest BCUT2D eigenvalue weighted by molar-refractivity contribution is 7.91. The quantitative estimate of drug-likeness (QED) is 0.688. The number of rotatable bonds is 8. The highest BCUT2D eigenvalue weighted by Gasteiger charge is 2.11. The zero-order valence-electron chi connectivity index (χ0n) is 10.7. The van der Waals surface area contributed by atoms with Crippen molar-refractivity contribution in [3.05, 3.63) is 35.9 Å². The first-order chi connectivity index (χ1) is 8.57. The van der Waals surface area contributed by atoms with Crippen LogP contribution < -0.4 is 0 Å². The van der Waals surface area contributed by atoms with Gasteiger partial charge < -0.3 is 0 Å². The molecule has 0 saturated heterocycles. The Morgan fingerprint density at radius 1 is 1.17 bits per heavy atom. The summed E-state index contributed by atoms with van der Waals surface area (Å²) in [7, 11) is -2.91. The van der Waals surface area contributed by atoms with Crippen LogP contribution in [0.4, 0.5) is 0 Å². The molecule has 0 bridgehead atoms. The Kier molecular flexibility index (Phi) is 6.68. The minimum absolute atomic E-state index is 0.201. The first kappa shape index (κ1) is 15.5. The second-order valence-electron chi connectivity index (χ2n) is 4.19. The Morgan fingerprint density at radius 3 is 2.39 bits per heavy atom. The third kappa shape index (κ3) is 5.85. The van der Waals surface area contributed by atoms with E-state index in [0.717, 1.165) is 6.54 Å². The average Bonchev–Trinajstić information content (AvgIpc) is 2.38. The van der Waals surface area contributed by atoms with Crippen LogP contribution in [0.5, 0.6) is 0 Å². The number of nitrogens with zero attached hydrogens (tertiary/aromatic N) is 1. The van der Waals surface area contributed by atoms with Crippen LogP contribution in [0.3, 0.4) is 0 Å². The van der Waals surface area contributed by atoms with Gasteiger partial charge in [0.05, 0.1) is 5.75 Å². The van der Waals surface area contributed by atoms with Gasteiger partial charge in [-0.25, -0.2) is 8.42 Å². The molecule has 1 aromatic carbocycles. The zero-order valence-corrected chi connectivity index (χ0v) is 12.3. The van der Waals surface area contributed by atoms with Gasteiger partial charge in [0.2, 0.25) is 0 Å². The minimum Gasteiger partial charge on any atom is -0.297 e. The summed E-state index contributed by atoms with van der Waals surface area (Å²) in [5.74, 6) is 0.916. The minimum atomic E-state index is -2.91. The lowest BCUT2D eigenvalue weighted by Crippen LogP contribution is -2.31. The van der Waals surface area contributed by atoms with Crippen molar-refractivity contribution in [2.75, 3.05) is 30.5 Å². The molecule has 0 heterocycles. The van der Waals surface area contributed by atoms with Gasteiger partial charge in [-0.15, -0.1) is 11.6 Å². The molecule has 0 N–H and O–H groups in total. The molecule has 0 radical (unpaired) electrons. The van der Waals surface area contributed by atoms with Gasteiger partial charge in [-0.3, -0.25) is 4.90 Å². The van der Waals surface area contributed by atoms with Gasteiger partial charge in [0.1, 0.15) is 0 Å². The lowest BCUT2D eigenvalue weighted by molar-refractivity contribution is 0.298. The van der Waals surface area contributed by atoms with E-state index in [1.807, 2.05) is 30.3 Å².